The number of nitrogens with one attached hydrogen (secondary N) is 2. The summed E-state index contributed by atoms with van der Waals surface area (Å²) >= 11 is 0. The Morgan fingerprint density at radius 1 is 0.759 bits per heavy atom. The van der Waals surface area contributed by atoms with Gasteiger partial charge in [-0.15, -0.1) is 0 Å². The summed E-state index contributed by atoms with van der Waals surface area (Å²) in [5.41, 5.74) is 1.77. The van der Waals surface area contributed by atoms with Crippen molar-refractivity contribution in [2.24, 2.45) is 0 Å². The zero-order valence-electron chi connectivity index (χ0n) is 16.1. The van der Waals surface area contributed by atoms with Crippen molar-refractivity contribution in [1.29, 1.82) is 0 Å². The molecule has 0 bridgehead atoms. The highest BCUT2D eigenvalue weighted by Crippen LogP contribution is 2.21. The van der Waals surface area contributed by atoms with Crippen LogP contribution in [0.25, 0.3) is 0 Å². The fraction of sp³-hybridized carbons (Fsp3) is 0.318. The minimum atomic E-state index is -1.12. The molecule has 2 amide bonds. The lowest BCUT2D eigenvalue weighted by molar-refractivity contribution is -0.140. The zero-order valence-corrected chi connectivity index (χ0v) is 16.1. The van der Waals surface area contributed by atoms with E-state index in [0.717, 1.165) is 11.1 Å². The molecule has 0 aromatic heterocycles. The summed E-state index contributed by atoms with van der Waals surface area (Å²) in [6.45, 7) is 0. The molecular weight excluding hydrogens is 372 g/mol. The fourth-order valence-corrected chi connectivity index (χ4v) is 3.04. The molecule has 0 spiro atoms. The van der Waals surface area contributed by atoms with E-state index in [1.54, 1.807) is 0 Å². The van der Waals surface area contributed by atoms with Gasteiger partial charge in [0.25, 0.3) is 0 Å². The van der Waals surface area contributed by atoms with Crippen molar-refractivity contribution < 1.29 is 24.6 Å². The molecule has 29 heavy (non-hydrogen) atoms. The molecule has 0 saturated heterocycles. The third kappa shape index (κ3) is 7.65. The quantitative estimate of drug-likeness (QED) is 0.432. The van der Waals surface area contributed by atoms with Crippen LogP contribution in [0.1, 0.15) is 49.3 Å². The molecule has 2 aromatic rings. The number of carbonyl (C=O) groups is 3. The first-order valence-corrected chi connectivity index (χ1v) is 9.59. The van der Waals surface area contributed by atoms with E-state index in [1.165, 1.54) is 0 Å². The van der Waals surface area contributed by atoms with Crippen molar-refractivity contribution in [3.63, 3.8) is 0 Å². The summed E-state index contributed by atoms with van der Waals surface area (Å²) in [4.78, 5) is 34.6. The van der Waals surface area contributed by atoms with Gasteiger partial charge in [-0.1, -0.05) is 73.5 Å². The van der Waals surface area contributed by atoms with E-state index in [9.17, 15) is 19.5 Å². The summed E-state index contributed by atoms with van der Waals surface area (Å²) in [5.74, 6) is -1.99. The lowest BCUT2D eigenvalue weighted by Gasteiger charge is -2.22. The van der Waals surface area contributed by atoms with E-state index in [2.05, 4.69) is 10.6 Å². The van der Waals surface area contributed by atoms with Crippen LogP contribution in [-0.4, -0.2) is 34.2 Å². The largest absolute Gasteiger partial charge is 0.481 e. The highest BCUT2D eigenvalue weighted by atomic mass is 16.4. The van der Waals surface area contributed by atoms with Crippen molar-refractivity contribution in [2.45, 2.75) is 44.2 Å². The molecule has 0 aliphatic carbocycles. The Hall–Kier alpha value is -3.35. The second-order valence-electron chi connectivity index (χ2n) is 6.76. The molecule has 1 atom stereocenters. The predicted molar refractivity (Wildman–Crippen MR) is 109 cm³/mol. The number of benzene rings is 2. The highest BCUT2D eigenvalue weighted by Gasteiger charge is 2.22. The van der Waals surface area contributed by atoms with Crippen molar-refractivity contribution in [1.82, 2.24) is 10.6 Å². The minimum Gasteiger partial charge on any atom is -0.481 e. The SMILES string of the molecule is O=C(O)CCCCC[C@H](NC(=O)NC(c1ccccc1)c1ccccc1)C(=O)O. The molecule has 7 nitrogen and oxygen atoms in total. The maximum absolute atomic E-state index is 12.5. The van der Waals surface area contributed by atoms with E-state index in [1.807, 2.05) is 60.7 Å². The third-order valence-electron chi connectivity index (χ3n) is 4.53. The van der Waals surface area contributed by atoms with Crippen LogP contribution in [0.5, 0.6) is 0 Å². The van der Waals surface area contributed by atoms with E-state index in [0.29, 0.717) is 19.3 Å². The normalized spacial score (nSPS) is 11.6. The Labute approximate surface area is 169 Å². The van der Waals surface area contributed by atoms with Crippen LogP contribution in [0, 0.1) is 0 Å². The second-order valence-corrected chi connectivity index (χ2v) is 6.76. The monoisotopic (exact) mass is 398 g/mol. The Morgan fingerprint density at radius 2 is 1.31 bits per heavy atom. The van der Waals surface area contributed by atoms with Crippen LogP contribution in [0.4, 0.5) is 4.79 Å². The van der Waals surface area contributed by atoms with Crippen LogP contribution in [0.2, 0.25) is 0 Å². The fourth-order valence-electron chi connectivity index (χ4n) is 3.04. The van der Waals surface area contributed by atoms with Gasteiger partial charge in [-0.05, 0) is 24.0 Å². The number of hydrogen-bond donors (Lipinski definition) is 4. The number of carboxylic acid groups (broad SMARTS) is 2. The molecule has 2 rings (SSSR count). The maximum atomic E-state index is 12.5. The minimum absolute atomic E-state index is 0.0570. The number of rotatable bonds is 11. The molecule has 154 valence electrons. The molecule has 4 N–H and O–H groups in total. The third-order valence-corrected chi connectivity index (χ3v) is 4.53. The molecule has 0 unspecified atom stereocenters. The van der Waals surface area contributed by atoms with E-state index >= 15 is 0 Å². The average Bonchev–Trinajstić information content (AvgIpc) is 2.72. The topological polar surface area (TPSA) is 116 Å². The summed E-state index contributed by atoms with van der Waals surface area (Å²) < 4.78 is 0. The van der Waals surface area contributed by atoms with Gasteiger partial charge in [0, 0.05) is 6.42 Å². The van der Waals surface area contributed by atoms with Gasteiger partial charge in [-0.2, -0.15) is 0 Å². The van der Waals surface area contributed by atoms with E-state index in [4.69, 9.17) is 5.11 Å². The molecule has 0 heterocycles. The van der Waals surface area contributed by atoms with Crippen molar-refractivity contribution in [3.8, 4) is 0 Å². The summed E-state index contributed by atoms with van der Waals surface area (Å²) in [7, 11) is 0. The van der Waals surface area contributed by atoms with Gasteiger partial charge in [0.15, 0.2) is 0 Å². The van der Waals surface area contributed by atoms with Gasteiger partial charge >= 0.3 is 18.0 Å². The maximum Gasteiger partial charge on any atom is 0.326 e. The summed E-state index contributed by atoms with van der Waals surface area (Å²) in [5, 5.41) is 23.4. The van der Waals surface area contributed by atoms with E-state index < -0.39 is 30.1 Å². The second kappa shape index (κ2) is 11.5. The van der Waals surface area contributed by atoms with Gasteiger partial charge < -0.3 is 20.8 Å². The number of carbonyl (C=O) groups excluding carboxylic acids is 1. The molecule has 0 aliphatic rings. The van der Waals surface area contributed by atoms with Crippen molar-refractivity contribution >= 4 is 18.0 Å². The molecular formula is C22H26N2O5. The summed E-state index contributed by atoms with van der Waals surface area (Å²) in [6.07, 6.45) is 1.89. The zero-order chi connectivity index (χ0) is 21.1. The number of amides is 2. The van der Waals surface area contributed by atoms with Crippen LogP contribution in [0.15, 0.2) is 60.7 Å². The molecule has 0 fully saturated rings. The Bertz CT molecular complexity index is 756. The van der Waals surface area contributed by atoms with Crippen molar-refractivity contribution in [3.05, 3.63) is 71.8 Å². The van der Waals surface area contributed by atoms with Crippen molar-refractivity contribution in [2.75, 3.05) is 0 Å². The highest BCUT2D eigenvalue weighted by molar-refractivity contribution is 5.83. The van der Waals surface area contributed by atoms with Crippen LogP contribution in [-0.2, 0) is 9.59 Å². The van der Waals surface area contributed by atoms with E-state index in [-0.39, 0.29) is 12.8 Å². The number of unbranched alkanes of at least 4 members (excludes halogenated alkanes) is 2. The molecule has 2 aromatic carbocycles. The smallest absolute Gasteiger partial charge is 0.326 e. The molecule has 0 aliphatic heterocycles. The standard InChI is InChI=1S/C22H26N2O5/c25-19(26)15-9-3-8-14-18(21(27)28)23-22(29)24-20(16-10-4-1-5-11-16)17-12-6-2-7-13-17/h1-2,4-7,10-13,18,20H,3,8-9,14-15H2,(H,25,26)(H,27,28)(H2,23,24,29)/t18-/m0/s1. The lowest BCUT2D eigenvalue weighted by Crippen LogP contribution is -2.47. The molecule has 0 saturated carbocycles. The van der Waals surface area contributed by atoms with Gasteiger partial charge in [0.05, 0.1) is 6.04 Å². The summed E-state index contributed by atoms with van der Waals surface area (Å²) in [6, 6.07) is 16.9. The number of hydrogen-bond acceptors (Lipinski definition) is 3. The molecule has 0 radical (unpaired) electrons. The van der Waals surface area contributed by atoms with Crippen LogP contribution in [0.3, 0.4) is 0 Å². The number of aliphatic carboxylic acids is 2. The van der Waals surface area contributed by atoms with Gasteiger partial charge in [0.1, 0.15) is 6.04 Å². The van der Waals surface area contributed by atoms with Gasteiger partial charge in [-0.25, -0.2) is 9.59 Å². The Morgan fingerprint density at radius 3 is 1.79 bits per heavy atom. The lowest BCUT2D eigenvalue weighted by atomic mass is 9.99. The van der Waals surface area contributed by atoms with Crippen LogP contribution < -0.4 is 10.6 Å². The Kier molecular flexibility index (Phi) is 8.69. The first kappa shape index (κ1) is 21.9. The number of urea groups is 1. The average molecular weight is 398 g/mol. The van der Waals surface area contributed by atoms with Gasteiger partial charge in [-0.3, -0.25) is 4.79 Å². The molecule has 7 heteroatoms. The Balaban J connectivity index is 1.98. The van der Waals surface area contributed by atoms with Crippen LogP contribution >= 0.6 is 0 Å². The van der Waals surface area contributed by atoms with Gasteiger partial charge in [0.2, 0.25) is 0 Å². The first-order chi connectivity index (χ1) is 14.0. The first-order valence-electron chi connectivity index (χ1n) is 9.59. The number of carboxylic acids is 2. The predicted octanol–water partition coefficient (Wildman–Crippen LogP) is 3.56.